The lowest BCUT2D eigenvalue weighted by molar-refractivity contribution is -0.123. The van der Waals surface area contributed by atoms with Crippen LogP contribution in [0.2, 0.25) is 5.02 Å². The maximum Gasteiger partial charge on any atom is 0.329 e. The van der Waals surface area contributed by atoms with E-state index in [0.717, 1.165) is 19.3 Å². The molecule has 2 fully saturated rings. The smallest absolute Gasteiger partial charge is 0.323 e. The van der Waals surface area contributed by atoms with Gasteiger partial charge in [-0.25, -0.2) is 9.69 Å². The van der Waals surface area contributed by atoms with Gasteiger partial charge in [0.25, 0.3) is 5.91 Å². The van der Waals surface area contributed by atoms with Gasteiger partial charge < -0.3 is 5.32 Å². The summed E-state index contributed by atoms with van der Waals surface area (Å²) in [6, 6.07) is 6.50. The fraction of sp³-hybridized carbons (Fsp3) is 0.467. The summed E-state index contributed by atoms with van der Waals surface area (Å²) in [5.41, 5.74) is -0.174. The predicted octanol–water partition coefficient (Wildman–Crippen LogP) is 3.35. The van der Waals surface area contributed by atoms with Gasteiger partial charge >= 0.3 is 6.03 Å². The van der Waals surface area contributed by atoms with Crippen molar-refractivity contribution in [1.82, 2.24) is 5.32 Å². The molecule has 1 saturated carbocycles. The molecule has 2 aliphatic rings. The van der Waals surface area contributed by atoms with Gasteiger partial charge in [-0.3, -0.25) is 4.79 Å². The van der Waals surface area contributed by atoms with Crippen LogP contribution in [0.4, 0.5) is 10.5 Å². The van der Waals surface area contributed by atoms with Crippen LogP contribution in [0.5, 0.6) is 0 Å². The number of nitrogens with one attached hydrogen (secondary N) is 1. The van der Waals surface area contributed by atoms with E-state index in [9.17, 15) is 9.59 Å². The van der Waals surface area contributed by atoms with Crippen LogP contribution in [0, 0.1) is 5.92 Å². The molecule has 2 atom stereocenters. The molecule has 4 nitrogen and oxygen atoms in total. The molecule has 1 saturated heterocycles. The third-order valence-corrected chi connectivity index (χ3v) is 4.46. The molecule has 5 heteroatoms. The van der Waals surface area contributed by atoms with Crippen LogP contribution in [0.25, 0.3) is 0 Å². The summed E-state index contributed by atoms with van der Waals surface area (Å²) in [6.07, 6.45) is 3.52. The molecule has 1 spiro atoms. The molecule has 1 aliphatic carbocycles. The number of carbonyl (C=O) groups is 2. The highest BCUT2D eigenvalue weighted by Crippen LogP contribution is 2.38. The Hall–Kier alpha value is -1.55. The van der Waals surface area contributed by atoms with Gasteiger partial charge in [0.05, 0.1) is 5.69 Å². The van der Waals surface area contributed by atoms with Crippen molar-refractivity contribution in [1.29, 1.82) is 0 Å². The average molecular weight is 293 g/mol. The van der Waals surface area contributed by atoms with Crippen molar-refractivity contribution in [2.45, 2.75) is 38.1 Å². The van der Waals surface area contributed by atoms with Crippen molar-refractivity contribution < 1.29 is 9.59 Å². The lowest BCUT2D eigenvalue weighted by atomic mass is 9.76. The predicted molar refractivity (Wildman–Crippen MR) is 77.8 cm³/mol. The van der Waals surface area contributed by atoms with E-state index in [-0.39, 0.29) is 11.9 Å². The van der Waals surface area contributed by atoms with Gasteiger partial charge in [0.1, 0.15) is 5.54 Å². The van der Waals surface area contributed by atoms with Crippen LogP contribution in [0.1, 0.15) is 32.6 Å². The standard InChI is InChI=1S/C15H17ClN2O2/c1-10-4-3-7-15(9-10)13(19)18(14(20)17-15)12-6-2-5-11(16)8-12/h2,5-6,8,10H,3-4,7,9H2,1H3,(H,17,20). The zero-order valence-electron chi connectivity index (χ0n) is 11.4. The molecule has 2 unspecified atom stereocenters. The van der Waals surface area contributed by atoms with Crippen LogP contribution >= 0.6 is 11.6 Å². The number of imide groups is 1. The zero-order chi connectivity index (χ0) is 14.3. The topological polar surface area (TPSA) is 49.4 Å². The van der Waals surface area contributed by atoms with Gasteiger partial charge in [0.2, 0.25) is 0 Å². The summed E-state index contributed by atoms with van der Waals surface area (Å²) in [5.74, 6) is 0.309. The Bertz CT molecular complexity index is 575. The van der Waals surface area contributed by atoms with Crippen LogP contribution < -0.4 is 10.2 Å². The van der Waals surface area contributed by atoms with E-state index >= 15 is 0 Å². The molecular weight excluding hydrogens is 276 g/mol. The monoisotopic (exact) mass is 292 g/mol. The Morgan fingerprint density at radius 3 is 2.90 bits per heavy atom. The van der Waals surface area contributed by atoms with Crippen molar-refractivity contribution in [2.75, 3.05) is 4.90 Å². The van der Waals surface area contributed by atoms with Crippen LogP contribution in [0.15, 0.2) is 24.3 Å². The van der Waals surface area contributed by atoms with E-state index in [1.165, 1.54) is 4.90 Å². The summed E-state index contributed by atoms with van der Waals surface area (Å²) in [6.45, 7) is 2.13. The summed E-state index contributed by atoms with van der Waals surface area (Å²) in [4.78, 5) is 26.2. The Morgan fingerprint density at radius 1 is 1.40 bits per heavy atom. The highest BCUT2D eigenvalue weighted by molar-refractivity contribution is 6.31. The van der Waals surface area contributed by atoms with Gasteiger partial charge in [-0.05, 0) is 37.0 Å². The fourth-order valence-corrected chi connectivity index (χ4v) is 3.51. The maximum atomic E-state index is 12.7. The Morgan fingerprint density at radius 2 is 2.20 bits per heavy atom. The number of halogens is 1. The highest BCUT2D eigenvalue weighted by Gasteiger charge is 2.52. The molecule has 0 bridgehead atoms. The van der Waals surface area contributed by atoms with Crippen LogP contribution in [0.3, 0.4) is 0 Å². The van der Waals surface area contributed by atoms with E-state index in [4.69, 9.17) is 11.6 Å². The molecule has 3 amide bonds. The van der Waals surface area contributed by atoms with Crippen molar-refractivity contribution in [3.63, 3.8) is 0 Å². The van der Waals surface area contributed by atoms with E-state index in [2.05, 4.69) is 12.2 Å². The molecule has 20 heavy (non-hydrogen) atoms. The second kappa shape index (κ2) is 4.77. The molecule has 1 heterocycles. The molecule has 1 aromatic rings. The molecule has 106 valence electrons. The van der Waals surface area contributed by atoms with E-state index < -0.39 is 5.54 Å². The minimum Gasteiger partial charge on any atom is -0.323 e. The quantitative estimate of drug-likeness (QED) is 0.807. The third-order valence-electron chi connectivity index (χ3n) is 4.23. The van der Waals surface area contributed by atoms with Gasteiger partial charge in [0, 0.05) is 5.02 Å². The summed E-state index contributed by atoms with van der Waals surface area (Å²) in [7, 11) is 0. The molecule has 1 N–H and O–H groups in total. The first-order valence-electron chi connectivity index (χ1n) is 6.94. The van der Waals surface area contributed by atoms with E-state index in [1.807, 2.05) is 0 Å². The number of rotatable bonds is 1. The SMILES string of the molecule is CC1CCCC2(C1)NC(=O)N(c1cccc(Cl)c1)C2=O. The summed E-state index contributed by atoms with van der Waals surface area (Å²) in [5, 5.41) is 3.43. The number of anilines is 1. The van der Waals surface area contributed by atoms with Gasteiger partial charge in [-0.15, -0.1) is 0 Å². The van der Waals surface area contributed by atoms with Crippen molar-refractivity contribution in [3.8, 4) is 0 Å². The van der Waals surface area contributed by atoms with Crippen molar-refractivity contribution in [3.05, 3.63) is 29.3 Å². The van der Waals surface area contributed by atoms with Crippen LogP contribution in [-0.4, -0.2) is 17.5 Å². The number of nitrogens with zero attached hydrogens (tertiary/aromatic N) is 1. The molecule has 0 aromatic heterocycles. The first-order valence-corrected chi connectivity index (χ1v) is 7.32. The number of benzene rings is 1. The lowest BCUT2D eigenvalue weighted by Gasteiger charge is -2.34. The van der Waals surface area contributed by atoms with Crippen molar-refractivity contribution in [2.24, 2.45) is 5.92 Å². The Balaban J connectivity index is 1.95. The van der Waals surface area contributed by atoms with E-state index in [0.29, 0.717) is 23.0 Å². The minimum absolute atomic E-state index is 0.142. The zero-order valence-corrected chi connectivity index (χ0v) is 12.1. The number of hydrogen-bond donors (Lipinski definition) is 1. The minimum atomic E-state index is -0.711. The molecule has 1 aliphatic heterocycles. The molecular formula is C15H17ClN2O2. The normalized spacial score (nSPS) is 29.9. The number of urea groups is 1. The number of amides is 3. The van der Waals surface area contributed by atoms with Crippen molar-refractivity contribution >= 4 is 29.2 Å². The largest absolute Gasteiger partial charge is 0.329 e. The third kappa shape index (κ3) is 2.08. The molecule has 0 radical (unpaired) electrons. The van der Waals surface area contributed by atoms with Gasteiger partial charge in [0.15, 0.2) is 0 Å². The summed E-state index contributed by atoms with van der Waals surface area (Å²) < 4.78 is 0. The lowest BCUT2D eigenvalue weighted by Crippen LogP contribution is -2.50. The first-order chi connectivity index (χ1) is 9.52. The average Bonchev–Trinajstić information content (AvgIpc) is 2.60. The Kier molecular flexibility index (Phi) is 3.21. The van der Waals surface area contributed by atoms with Gasteiger partial charge in [-0.2, -0.15) is 0 Å². The summed E-state index contributed by atoms with van der Waals surface area (Å²) >= 11 is 5.95. The molecule has 3 rings (SSSR count). The van der Waals surface area contributed by atoms with E-state index in [1.54, 1.807) is 24.3 Å². The number of hydrogen-bond acceptors (Lipinski definition) is 2. The maximum absolute atomic E-state index is 12.7. The van der Waals surface area contributed by atoms with Crippen LogP contribution in [-0.2, 0) is 4.79 Å². The van der Waals surface area contributed by atoms with Gasteiger partial charge in [-0.1, -0.05) is 37.4 Å². The first kappa shape index (κ1) is 13.4. The highest BCUT2D eigenvalue weighted by atomic mass is 35.5. The second-order valence-electron chi connectivity index (χ2n) is 5.83. The Labute approximate surface area is 123 Å². The second-order valence-corrected chi connectivity index (χ2v) is 6.27. The fourth-order valence-electron chi connectivity index (χ4n) is 3.33. The molecule has 1 aromatic carbocycles. The number of carbonyl (C=O) groups excluding carboxylic acids is 2.